The monoisotopic (exact) mass is 697 g/mol. The SMILES string of the molecule is CCC[C@H](CC(=O)[C@@H]1C[C@]2(CC(c3cccc(Cl)c3)=NO2)CN1C(=O)[C@H](CC(=O)CC1CCCCC1)C(C)(C)C)C(=O)C(=O)N(CC)CC. The second kappa shape index (κ2) is 16.8. The van der Waals surface area contributed by atoms with Gasteiger partial charge >= 0.3 is 0 Å². The first-order valence-electron chi connectivity index (χ1n) is 18.4. The van der Waals surface area contributed by atoms with Gasteiger partial charge in [-0.2, -0.15) is 0 Å². The average molecular weight is 698 g/mol. The van der Waals surface area contributed by atoms with E-state index in [4.69, 9.17) is 16.4 Å². The minimum atomic E-state index is -0.941. The lowest BCUT2D eigenvalue weighted by Crippen LogP contribution is -2.48. The first-order chi connectivity index (χ1) is 23.2. The Bertz CT molecular complexity index is 1410. The van der Waals surface area contributed by atoms with Crippen LogP contribution in [0, 0.1) is 23.2 Å². The van der Waals surface area contributed by atoms with Gasteiger partial charge in [0.15, 0.2) is 11.4 Å². The topological polar surface area (TPSA) is 113 Å². The van der Waals surface area contributed by atoms with Gasteiger partial charge in [-0.15, -0.1) is 0 Å². The summed E-state index contributed by atoms with van der Waals surface area (Å²) in [5.74, 6) is -2.63. The number of carbonyl (C=O) groups excluding carboxylic acids is 5. The third-order valence-corrected chi connectivity index (χ3v) is 11.0. The fourth-order valence-electron chi connectivity index (χ4n) is 7.89. The van der Waals surface area contributed by atoms with Crippen LogP contribution in [0.2, 0.25) is 5.02 Å². The van der Waals surface area contributed by atoms with Gasteiger partial charge in [0.25, 0.3) is 5.91 Å². The van der Waals surface area contributed by atoms with Crippen molar-refractivity contribution in [2.24, 2.45) is 28.3 Å². The van der Waals surface area contributed by atoms with Gasteiger partial charge in [-0.25, -0.2) is 0 Å². The molecule has 49 heavy (non-hydrogen) atoms. The van der Waals surface area contributed by atoms with Crippen molar-refractivity contribution in [1.82, 2.24) is 9.80 Å². The van der Waals surface area contributed by atoms with E-state index in [1.165, 1.54) is 11.3 Å². The van der Waals surface area contributed by atoms with E-state index in [-0.39, 0.29) is 43.3 Å². The van der Waals surface area contributed by atoms with E-state index in [2.05, 4.69) is 5.16 Å². The van der Waals surface area contributed by atoms with Crippen LogP contribution in [-0.4, -0.2) is 76.0 Å². The molecule has 0 bridgehead atoms. The molecular weight excluding hydrogens is 642 g/mol. The maximum atomic E-state index is 14.7. The molecule has 2 fully saturated rings. The predicted molar refractivity (Wildman–Crippen MR) is 191 cm³/mol. The molecule has 0 aromatic heterocycles. The quantitative estimate of drug-likeness (QED) is 0.179. The maximum absolute atomic E-state index is 14.7. The highest BCUT2D eigenvalue weighted by atomic mass is 35.5. The second-order valence-corrected chi connectivity index (χ2v) is 16.0. The van der Waals surface area contributed by atoms with Crippen LogP contribution in [0.4, 0.5) is 0 Å². The minimum Gasteiger partial charge on any atom is -0.387 e. The van der Waals surface area contributed by atoms with E-state index in [1.54, 1.807) is 11.0 Å². The minimum absolute atomic E-state index is 0.0872. The molecule has 1 aromatic carbocycles. The average Bonchev–Trinajstić information content (AvgIpc) is 3.66. The Labute approximate surface area is 297 Å². The largest absolute Gasteiger partial charge is 0.387 e. The number of oxime groups is 1. The highest BCUT2D eigenvalue weighted by Gasteiger charge is 2.55. The van der Waals surface area contributed by atoms with Crippen molar-refractivity contribution < 1.29 is 28.8 Å². The fraction of sp³-hybridized carbons (Fsp3) is 0.692. The predicted octanol–water partition coefficient (Wildman–Crippen LogP) is 7.21. The zero-order valence-corrected chi connectivity index (χ0v) is 31.2. The number of likely N-dealkylation sites (tertiary alicyclic amines) is 1. The van der Waals surface area contributed by atoms with Gasteiger partial charge in [-0.1, -0.05) is 95.1 Å². The van der Waals surface area contributed by atoms with Crippen LogP contribution < -0.4 is 0 Å². The van der Waals surface area contributed by atoms with Crippen molar-refractivity contribution in [1.29, 1.82) is 0 Å². The van der Waals surface area contributed by atoms with Gasteiger partial charge in [-0.05, 0) is 43.7 Å². The molecule has 3 aliphatic rings. The summed E-state index contributed by atoms with van der Waals surface area (Å²) in [6.45, 7) is 12.4. The van der Waals surface area contributed by atoms with Crippen molar-refractivity contribution in [3.05, 3.63) is 34.9 Å². The first-order valence-corrected chi connectivity index (χ1v) is 18.8. The molecule has 2 amide bonds. The lowest BCUT2D eigenvalue weighted by molar-refractivity contribution is -0.149. The molecule has 0 N–H and O–H groups in total. The standard InChI is InChI=1S/C39H56ClN3O6/c1-7-14-28(35(46)37(48)42(8-2)9-3)21-34(45)33-24-39(23-32(41-49-39)27-17-13-18-29(40)20-27)25-43(33)36(47)31(38(4,5)6)22-30(44)19-26-15-11-10-12-16-26/h13,17-18,20,26,28,31,33H,7-12,14-16,19,21-25H2,1-6H3/t28-,31+,33+,39-/m1/s1. The van der Waals surface area contributed by atoms with Gasteiger partial charge in [0.2, 0.25) is 11.7 Å². The Kier molecular flexibility index (Phi) is 13.2. The summed E-state index contributed by atoms with van der Waals surface area (Å²) in [5.41, 5.74) is 0.00507. The summed E-state index contributed by atoms with van der Waals surface area (Å²) in [6.07, 6.45) is 7.63. The van der Waals surface area contributed by atoms with Gasteiger partial charge in [0.1, 0.15) is 5.78 Å². The molecule has 1 saturated heterocycles. The molecule has 1 saturated carbocycles. The summed E-state index contributed by atoms with van der Waals surface area (Å²) in [6, 6.07) is 6.45. The summed E-state index contributed by atoms with van der Waals surface area (Å²) in [7, 11) is 0. The van der Waals surface area contributed by atoms with E-state index in [0.29, 0.717) is 55.4 Å². The lowest BCUT2D eigenvalue weighted by Gasteiger charge is -2.35. The van der Waals surface area contributed by atoms with E-state index in [1.807, 2.05) is 59.7 Å². The zero-order valence-electron chi connectivity index (χ0n) is 30.4. The normalized spacial score (nSPS) is 22.4. The molecule has 9 nitrogen and oxygen atoms in total. The molecule has 2 aliphatic heterocycles. The molecule has 1 aromatic rings. The van der Waals surface area contributed by atoms with Crippen molar-refractivity contribution in [3.8, 4) is 0 Å². The van der Waals surface area contributed by atoms with Crippen molar-refractivity contribution in [2.75, 3.05) is 19.6 Å². The number of ketones is 3. The number of hydrogen-bond donors (Lipinski definition) is 0. The van der Waals surface area contributed by atoms with E-state index >= 15 is 0 Å². The van der Waals surface area contributed by atoms with Crippen LogP contribution in [0.3, 0.4) is 0 Å². The Morgan fingerprint density at radius 2 is 1.73 bits per heavy atom. The van der Waals surface area contributed by atoms with Crippen LogP contribution >= 0.6 is 11.6 Å². The van der Waals surface area contributed by atoms with Crippen LogP contribution in [-0.2, 0) is 28.8 Å². The van der Waals surface area contributed by atoms with Gasteiger partial charge in [0.05, 0.1) is 18.3 Å². The molecule has 1 spiro atoms. The highest BCUT2D eigenvalue weighted by Crippen LogP contribution is 2.43. The third-order valence-electron chi connectivity index (χ3n) is 10.8. The second-order valence-electron chi connectivity index (χ2n) is 15.6. The molecule has 0 radical (unpaired) electrons. The van der Waals surface area contributed by atoms with E-state index < -0.39 is 40.6 Å². The van der Waals surface area contributed by atoms with Gasteiger partial charge in [-0.3, -0.25) is 24.0 Å². The zero-order chi connectivity index (χ0) is 35.9. The molecule has 4 atom stereocenters. The molecule has 10 heteroatoms. The first kappa shape index (κ1) is 38.7. The number of carbonyl (C=O) groups is 5. The Hall–Kier alpha value is -3.07. The summed E-state index contributed by atoms with van der Waals surface area (Å²) in [5, 5.41) is 4.97. The summed E-state index contributed by atoms with van der Waals surface area (Å²) >= 11 is 6.27. The highest BCUT2D eigenvalue weighted by molar-refractivity contribution is 6.37. The summed E-state index contributed by atoms with van der Waals surface area (Å²) < 4.78 is 0. The molecule has 4 rings (SSSR count). The number of rotatable bonds is 15. The maximum Gasteiger partial charge on any atom is 0.290 e. The number of halogens is 1. The van der Waals surface area contributed by atoms with Crippen LogP contribution in [0.5, 0.6) is 0 Å². The van der Waals surface area contributed by atoms with Gasteiger partial charge in [0, 0.05) is 67.6 Å². The number of likely N-dealkylation sites (N-methyl/N-ethyl adjacent to an activating group) is 1. The van der Waals surface area contributed by atoms with E-state index in [0.717, 1.165) is 31.2 Å². The Morgan fingerprint density at radius 1 is 1.04 bits per heavy atom. The van der Waals surface area contributed by atoms with E-state index in [9.17, 15) is 24.0 Å². The van der Waals surface area contributed by atoms with Crippen LogP contribution in [0.15, 0.2) is 29.4 Å². The number of amides is 2. The van der Waals surface area contributed by atoms with Crippen molar-refractivity contribution in [3.63, 3.8) is 0 Å². The number of Topliss-reactive ketones (excluding diaryl/α,β-unsaturated/α-hetero) is 3. The molecule has 0 unspecified atom stereocenters. The third kappa shape index (κ3) is 9.59. The molecule has 270 valence electrons. The number of benzene rings is 1. The number of hydrogen-bond acceptors (Lipinski definition) is 7. The lowest BCUT2D eigenvalue weighted by atomic mass is 9.75. The molecule has 2 heterocycles. The number of nitrogens with zero attached hydrogens (tertiary/aromatic N) is 3. The smallest absolute Gasteiger partial charge is 0.290 e. The fourth-order valence-corrected chi connectivity index (χ4v) is 8.08. The summed E-state index contributed by atoms with van der Waals surface area (Å²) in [4.78, 5) is 78.2. The van der Waals surface area contributed by atoms with Crippen molar-refractivity contribution >= 4 is 46.5 Å². The van der Waals surface area contributed by atoms with Crippen molar-refractivity contribution in [2.45, 2.75) is 130 Å². The molecular formula is C39H56ClN3O6. The Balaban J connectivity index is 1.61. The van der Waals surface area contributed by atoms with Crippen LogP contribution in [0.25, 0.3) is 0 Å². The van der Waals surface area contributed by atoms with Crippen LogP contribution in [0.1, 0.15) is 124 Å². The molecule has 1 aliphatic carbocycles. The Morgan fingerprint density at radius 3 is 2.35 bits per heavy atom. The van der Waals surface area contributed by atoms with Gasteiger partial charge < -0.3 is 14.6 Å².